The summed E-state index contributed by atoms with van der Waals surface area (Å²) in [5.74, 6) is 0.827. The summed E-state index contributed by atoms with van der Waals surface area (Å²) in [4.78, 5) is 0. The normalized spacial score (nSPS) is 14.3. The van der Waals surface area contributed by atoms with Crippen molar-refractivity contribution in [2.24, 2.45) is 0 Å². The summed E-state index contributed by atoms with van der Waals surface area (Å²) >= 11 is 3.46. The summed E-state index contributed by atoms with van der Waals surface area (Å²) in [6.45, 7) is 7.79. The van der Waals surface area contributed by atoms with Crippen LogP contribution in [0.4, 0.5) is 0 Å². The molecular formula is C14H22BrNO2. The van der Waals surface area contributed by atoms with Crippen molar-refractivity contribution in [1.29, 1.82) is 0 Å². The molecule has 0 amide bonds. The lowest BCUT2D eigenvalue weighted by Crippen LogP contribution is -2.31. The maximum atomic E-state index is 9.96. The van der Waals surface area contributed by atoms with Crippen molar-refractivity contribution in [3.63, 3.8) is 0 Å². The van der Waals surface area contributed by atoms with Gasteiger partial charge in [-0.1, -0.05) is 29.8 Å². The number of hydrogen-bond acceptors (Lipinski definition) is 3. The van der Waals surface area contributed by atoms with E-state index in [2.05, 4.69) is 28.2 Å². The molecule has 0 spiro atoms. The molecule has 1 aromatic rings. The third-order valence-electron chi connectivity index (χ3n) is 2.89. The SMILES string of the molecule is CCNCc1cc(Br)ccc1OCC(C)(O)CC. The number of benzene rings is 1. The van der Waals surface area contributed by atoms with Crippen LogP contribution in [0.3, 0.4) is 0 Å². The molecule has 102 valence electrons. The van der Waals surface area contributed by atoms with Gasteiger partial charge < -0.3 is 15.2 Å². The quantitative estimate of drug-likeness (QED) is 0.812. The Bertz CT molecular complexity index is 380. The van der Waals surface area contributed by atoms with Crippen LogP contribution in [0.2, 0.25) is 0 Å². The summed E-state index contributed by atoms with van der Waals surface area (Å²) < 4.78 is 6.77. The standard InChI is InChI=1S/C14H22BrNO2/c1-4-14(3,17)10-18-13-7-6-12(15)8-11(13)9-16-5-2/h6-8,16-17H,4-5,9-10H2,1-3H3. The molecule has 0 saturated heterocycles. The van der Waals surface area contributed by atoms with Gasteiger partial charge in [-0.2, -0.15) is 0 Å². The average Bonchev–Trinajstić information content (AvgIpc) is 2.35. The zero-order chi connectivity index (χ0) is 13.6. The lowest BCUT2D eigenvalue weighted by Gasteiger charge is -2.22. The van der Waals surface area contributed by atoms with Crippen molar-refractivity contribution in [2.45, 2.75) is 39.3 Å². The lowest BCUT2D eigenvalue weighted by molar-refractivity contribution is 0.00816. The van der Waals surface area contributed by atoms with Gasteiger partial charge in [0.2, 0.25) is 0 Å². The molecule has 18 heavy (non-hydrogen) atoms. The molecule has 0 heterocycles. The minimum atomic E-state index is -0.775. The van der Waals surface area contributed by atoms with Crippen molar-refractivity contribution < 1.29 is 9.84 Å². The lowest BCUT2D eigenvalue weighted by atomic mass is 10.1. The Morgan fingerprint density at radius 1 is 1.39 bits per heavy atom. The Balaban J connectivity index is 2.74. The Kier molecular flexibility index (Phi) is 6.12. The second-order valence-electron chi connectivity index (χ2n) is 4.67. The highest BCUT2D eigenvalue weighted by Gasteiger charge is 2.19. The first kappa shape index (κ1) is 15.5. The number of aliphatic hydroxyl groups is 1. The highest BCUT2D eigenvalue weighted by atomic mass is 79.9. The smallest absolute Gasteiger partial charge is 0.124 e. The molecule has 1 unspecified atom stereocenters. The minimum Gasteiger partial charge on any atom is -0.490 e. The fraction of sp³-hybridized carbons (Fsp3) is 0.571. The van der Waals surface area contributed by atoms with Gasteiger partial charge in [-0.25, -0.2) is 0 Å². The van der Waals surface area contributed by atoms with E-state index in [-0.39, 0.29) is 0 Å². The van der Waals surface area contributed by atoms with E-state index in [4.69, 9.17) is 4.74 Å². The van der Waals surface area contributed by atoms with Gasteiger partial charge in [0.05, 0.1) is 5.60 Å². The molecule has 0 bridgehead atoms. The number of ether oxygens (including phenoxy) is 1. The molecular weight excluding hydrogens is 294 g/mol. The summed E-state index contributed by atoms with van der Waals surface area (Å²) in [5.41, 5.74) is 0.320. The van der Waals surface area contributed by atoms with Crippen molar-refractivity contribution >= 4 is 15.9 Å². The molecule has 0 aromatic heterocycles. The first-order valence-corrected chi connectivity index (χ1v) is 7.12. The molecule has 1 aromatic carbocycles. The van der Waals surface area contributed by atoms with E-state index in [0.717, 1.165) is 28.9 Å². The molecule has 0 saturated carbocycles. The van der Waals surface area contributed by atoms with E-state index in [9.17, 15) is 5.11 Å². The van der Waals surface area contributed by atoms with E-state index in [1.54, 1.807) is 6.92 Å². The monoisotopic (exact) mass is 315 g/mol. The van der Waals surface area contributed by atoms with E-state index in [1.807, 2.05) is 25.1 Å². The summed E-state index contributed by atoms with van der Waals surface area (Å²) in [5, 5.41) is 13.2. The molecule has 1 rings (SSSR count). The molecule has 3 nitrogen and oxygen atoms in total. The van der Waals surface area contributed by atoms with Gasteiger partial charge in [0, 0.05) is 16.6 Å². The maximum Gasteiger partial charge on any atom is 0.124 e. The molecule has 4 heteroatoms. The van der Waals surface area contributed by atoms with Gasteiger partial charge in [0.1, 0.15) is 12.4 Å². The Morgan fingerprint density at radius 2 is 2.11 bits per heavy atom. The van der Waals surface area contributed by atoms with E-state index in [0.29, 0.717) is 13.0 Å². The van der Waals surface area contributed by atoms with Gasteiger partial charge >= 0.3 is 0 Å². The zero-order valence-corrected chi connectivity index (χ0v) is 12.9. The number of hydrogen-bond donors (Lipinski definition) is 2. The van der Waals surface area contributed by atoms with E-state index in [1.165, 1.54) is 0 Å². The van der Waals surface area contributed by atoms with Crippen LogP contribution in [-0.2, 0) is 6.54 Å². The fourth-order valence-electron chi connectivity index (χ4n) is 1.42. The largest absolute Gasteiger partial charge is 0.490 e. The van der Waals surface area contributed by atoms with Gasteiger partial charge in [0.15, 0.2) is 0 Å². The fourth-order valence-corrected chi connectivity index (χ4v) is 1.83. The topological polar surface area (TPSA) is 41.5 Å². The van der Waals surface area contributed by atoms with E-state index >= 15 is 0 Å². The second kappa shape index (κ2) is 7.12. The predicted octanol–water partition coefficient (Wildman–Crippen LogP) is 3.10. The minimum absolute atomic E-state index is 0.310. The number of halogens is 1. The Labute approximate surface area is 118 Å². The summed E-state index contributed by atoms with van der Waals surface area (Å²) in [7, 11) is 0. The predicted molar refractivity (Wildman–Crippen MR) is 77.9 cm³/mol. The average molecular weight is 316 g/mol. The second-order valence-corrected chi connectivity index (χ2v) is 5.59. The number of rotatable bonds is 7. The molecule has 0 radical (unpaired) electrons. The molecule has 2 N–H and O–H groups in total. The van der Waals surface area contributed by atoms with Gasteiger partial charge in [0.25, 0.3) is 0 Å². The van der Waals surface area contributed by atoms with Crippen molar-refractivity contribution in [1.82, 2.24) is 5.32 Å². The zero-order valence-electron chi connectivity index (χ0n) is 11.3. The van der Waals surface area contributed by atoms with E-state index < -0.39 is 5.60 Å². The molecule has 1 atom stereocenters. The van der Waals surface area contributed by atoms with Crippen LogP contribution in [-0.4, -0.2) is 23.9 Å². The van der Waals surface area contributed by atoms with Gasteiger partial charge in [-0.05, 0) is 38.1 Å². The highest BCUT2D eigenvalue weighted by molar-refractivity contribution is 9.10. The summed E-state index contributed by atoms with van der Waals surface area (Å²) in [6, 6.07) is 5.92. The Morgan fingerprint density at radius 3 is 2.72 bits per heavy atom. The van der Waals surface area contributed by atoms with Crippen molar-refractivity contribution in [3.8, 4) is 5.75 Å². The maximum absolute atomic E-state index is 9.96. The summed E-state index contributed by atoms with van der Waals surface area (Å²) in [6.07, 6.45) is 0.673. The van der Waals surface area contributed by atoms with Gasteiger partial charge in [-0.15, -0.1) is 0 Å². The molecule has 0 aliphatic heterocycles. The third-order valence-corrected chi connectivity index (χ3v) is 3.38. The van der Waals surface area contributed by atoms with Crippen LogP contribution in [0.1, 0.15) is 32.8 Å². The van der Waals surface area contributed by atoms with Crippen molar-refractivity contribution in [2.75, 3.05) is 13.2 Å². The molecule has 0 aliphatic carbocycles. The van der Waals surface area contributed by atoms with Crippen molar-refractivity contribution in [3.05, 3.63) is 28.2 Å². The highest BCUT2D eigenvalue weighted by Crippen LogP contribution is 2.24. The third kappa shape index (κ3) is 4.96. The van der Waals surface area contributed by atoms with Crippen LogP contribution < -0.4 is 10.1 Å². The van der Waals surface area contributed by atoms with Crippen LogP contribution in [0.15, 0.2) is 22.7 Å². The van der Waals surface area contributed by atoms with Crippen LogP contribution in [0.25, 0.3) is 0 Å². The van der Waals surface area contributed by atoms with Crippen LogP contribution in [0, 0.1) is 0 Å². The van der Waals surface area contributed by atoms with Gasteiger partial charge in [-0.3, -0.25) is 0 Å². The van der Waals surface area contributed by atoms with Crippen LogP contribution >= 0.6 is 15.9 Å². The first-order valence-electron chi connectivity index (χ1n) is 6.33. The van der Waals surface area contributed by atoms with Crippen LogP contribution in [0.5, 0.6) is 5.75 Å². The first-order chi connectivity index (χ1) is 8.48. The molecule has 0 fully saturated rings. The molecule has 0 aliphatic rings. The Hall–Kier alpha value is -0.580. The number of nitrogens with one attached hydrogen (secondary N) is 1.